The van der Waals surface area contributed by atoms with Gasteiger partial charge in [-0.05, 0) is 18.1 Å². The van der Waals surface area contributed by atoms with E-state index in [-0.39, 0.29) is 5.69 Å². The summed E-state index contributed by atoms with van der Waals surface area (Å²) in [6.45, 7) is 4.77. The predicted molar refractivity (Wildman–Crippen MR) is 62.2 cm³/mol. The van der Waals surface area contributed by atoms with E-state index >= 15 is 0 Å². The number of piperazine rings is 1. The molecule has 0 aliphatic carbocycles. The number of alkyl halides is 2. The average Bonchev–Trinajstić information content (AvgIpc) is 2.38. The Morgan fingerprint density at radius 2 is 2.12 bits per heavy atom. The van der Waals surface area contributed by atoms with Crippen molar-refractivity contribution >= 4 is 0 Å². The summed E-state index contributed by atoms with van der Waals surface area (Å²) in [6, 6.07) is 3.47. The fourth-order valence-electron chi connectivity index (χ4n) is 2.07. The zero-order valence-corrected chi connectivity index (χ0v) is 9.70. The molecule has 1 fully saturated rings. The smallest absolute Gasteiger partial charge is 0.280 e. The lowest BCUT2D eigenvalue weighted by molar-refractivity contribution is 0.144. The van der Waals surface area contributed by atoms with Crippen molar-refractivity contribution in [2.45, 2.75) is 12.8 Å². The Morgan fingerprint density at radius 3 is 2.82 bits per heavy atom. The molecule has 1 saturated heterocycles. The van der Waals surface area contributed by atoms with Crippen molar-refractivity contribution in [3.63, 3.8) is 0 Å². The highest BCUT2D eigenvalue weighted by Gasteiger charge is 2.15. The zero-order valence-electron chi connectivity index (χ0n) is 9.70. The molecule has 0 unspecified atom stereocenters. The van der Waals surface area contributed by atoms with Gasteiger partial charge in [0.1, 0.15) is 5.69 Å². The molecule has 1 aliphatic heterocycles. The maximum atomic E-state index is 12.7. The molecule has 0 saturated carbocycles. The monoisotopic (exact) mass is 241 g/mol. The van der Waals surface area contributed by atoms with E-state index in [0.29, 0.717) is 12.0 Å². The molecule has 2 rings (SSSR count). The van der Waals surface area contributed by atoms with E-state index in [9.17, 15) is 8.78 Å². The summed E-state index contributed by atoms with van der Waals surface area (Å²) < 4.78 is 25.4. The van der Waals surface area contributed by atoms with E-state index in [4.69, 9.17) is 0 Å². The second kappa shape index (κ2) is 6.02. The molecule has 1 aromatic rings. The molecule has 5 heteroatoms. The normalized spacial score (nSPS) is 17.6. The maximum Gasteiger partial charge on any atom is 0.280 e. The Morgan fingerprint density at radius 1 is 1.35 bits per heavy atom. The van der Waals surface area contributed by atoms with Crippen molar-refractivity contribution < 1.29 is 8.78 Å². The van der Waals surface area contributed by atoms with Gasteiger partial charge in [-0.3, -0.25) is 4.98 Å². The summed E-state index contributed by atoms with van der Waals surface area (Å²) in [5, 5.41) is 3.27. The fourth-order valence-corrected chi connectivity index (χ4v) is 2.07. The van der Waals surface area contributed by atoms with E-state index in [2.05, 4.69) is 15.2 Å². The molecule has 2 heterocycles. The molecule has 0 atom stereocenters. The standard InChI is InChI=1S/C12H17F2N3/c13-12(14)11-10(2-1-4-16-11)3-7-17-8-5-15-6-9-17/h1-2,4,12,15H,3,5-9H2. The van der Waals surface area contributed by atoms with Crippen molar-refractivity contribution in [1.29, 1.82) is 0 Å². The molecule has 0 radical (unpaired) electrons. The van der Waals surface area contributed by atoms with Crippen LogP contribution in [0.3, 0.4) is 0 Å². The van der Waals surface area contributed by atoms with Crippen molar-refractivity contribution in [3.8, 4) is 0 Å². The van der Waals surface area contributed by atoms with E-state index in [0.717, 1.165) is 32.7 Å². The molecule has 0 spiro atoms. The number of hydrogen-bond donors (Lipinski definition) is 1. The second-order valence-electron chi connectivity index (χ2n) is 4.19. The van der Waals surface area contributed by atoms with E-state index in [1.807, 2.05) is 0 Å². The maximum absolute atomic E-state index is 12.7. The first-order chi connectivity index (χ1) is 8.27. The molecule has 0 aromatic carbocycles. The number of rotatable bonds is 4. The van der Waals surface area contributed by atoms with Crippen LogP contribution in [0.1, 0.15) is 17.7 Å². The molecular weight excluding hydrogens is 224 g/mol. The van der Waals surface area contributed by atoms with Crippen molar-refractivity contribution in [2.24, 2.45) is 0 Å². The summed E-state index contributed by atoms with van der Waals surface area (Å²) in [5.74, 6) is 0. The first kappa shape index (κ1) is 12.4. The lowest BCUT2D eigenvalue weighted by Crippen LogP contribution is -2.44. The van der Waals surface area contributed by atoms with E-state index in [1.165, 1.54) is 6.20 Å². The van der Waals surface area contributed by atoms with Gasteiger partial charge in [0.05, 0.1) is 0 Å². The molecule has 1 aromatic heterocycles. The van der Waals surface area contributed by atoms with E-state index < -0.39 is 6.43 Å². The summed E-state index contributed by atoms with van der Waals surface area (Å²) in [6.07, 6.45) is -0.405. The Labute approximate surface area is 99.8 Å². The number of halogens is 2. The van der Waals surface area contributed by atoms with Crippen LogP contribution in [-0.2, 0) is 6.42 Å². The first-order valence-corrected chi connectivity index (χ1v) is 5.92. The van der Waals surface area contributed by atoms with Crippen LogP contribution in [-0.4, -0.2) is 42.6 Å². The van der Waals surface area contributed by atoms with Crippen molar-refractivity contribution in [1.82, 2.24) is 15.2 Å². The first-order valence-electron chi connectivity index (χ1n) is 5.92. The third-order valence-electron chi connectivity index (χ3n) is 3.04. The van der Waals surface area contributed by atoms with Crippen LogP contribution in [0.4, 0.5) is 8.78 Å². The van der Waals surface area contributed by atoms with Gasteiger partial charge in [-0.25, -0.2) is 8.78 Å². The van der Waals surface area contributed by atoms with E-state index in [1.54, 1.807) is 12.1 Å². The van der Waals surface area contributed by atoms with Crippen LogP contribution < -0.4 is 5.32 Å². The van der Waals surface area contributed by atoms with Crippen LogP contribution >= 0.6 is 0 Å². The summed E-state index contributed by atoms with van der Waals surface area (Å²) in [4.78, 5) is 6.05. The van der Waals surface area contributed by atoms with Crippen LogP contribution in [0.15, 0.2) is 18.3 Å². The molecular formula is C12H17F2N3. The Balaban J connectivity index is 1.93. The number of hydrogen-bond acceptors (Lipinski definition) is 3. The Hall–Kier alpha value is -1.07. The van der Waals surface area contributed by atoms with Crippen LogP contribution in [0.5, 0.6) is 0 Å². The number of nitrogens with zero attached hydrogens (tertiary/aromatic N) is 2. The summed E-state index contributed by atoms with van der Waals surface area (Å²) >= 11 is 0. The highest BCUT2D eigenvalue weighted by atomic mass is 19.3. The van der Waals surface area contributed by atoms with Crippen LogP contribution in [0.25, 0.3) is 0 Å². The quantitative estimate of drug-likeness (QED) is 0.865. The number of nitrogens with one attached hydrogen (secondary N) is 1. The van der Waals surface area contributed by atoms with Gasteiger partial charge in [-0.15, -0.1) is 0 Å². The summed E-state index contributed by atoms with van der Waals surface area (Å²) in [7, 11) is 0. The minimum atomic E-state index is -2.48. The van der Waals surface area contributed by atoms with Gasteiger partial charge in [0.25, 0.3) is 6.43 Å². The van der Waals surface area contributed by atoms with Gasteiger partial charge < -0.3 is 10.2 Å². The van der Waals surface area contributed by atoms with Gasteiger partial charge in [0.2, 0.25) is 0 Å². The predicted octanol–water partition coefficient (Wildman–Crippen LogP) is 1.47. The molecule has 3 nitrogen and oxygen atoms in total. The third-order valence-corrected chi connectivity index (χ3v) is 3.04. The minimum Gasteiger partial charge on any atom is -0.314 e. The molecule has 17 heavy (non-hydrogen) atoms. The molecule has 0 amide bonds. The lowest BCUT2D eigenvalue weighted by Gasteiger charge is -2.27. The highest BCUT2D eigenvalue weighted by Crippen LogP contribution is 2.20. The largest absolute Gasteiger partial charge is 0.314 e. The average molecular weight is 241 g/mol. The SMILES string of the molecule is FC(F)c1ncccc1CCN1CCNCC1. The van der Waals surface area contributed by atoms with Gasteiger partial charge >= 0.3 is 0 Å². The zero-order chi connectivity index (χ0) is 12.1. The van der Waals surface area contributed by atoms with Gasteiger partial charge in [0, 0.05) is 38.9 Å². The number of aromatic nitrogens is 1. The second-order valence-corrected chi connectivity index (χ2v) is 4.19. The minimum absolute atomic E-state index is 0.0670. The van der Waals surface area contributed by atoms with Crippen molar-refractivity contribution in [3.05, 3.63) is 29.6 Å². The summed E-state index contributed by atoms with van der Waals surface area (Å²) in [5.41, 5.74) is 0.601. The number of pyridine rings is 1. The highest BCUT2D eigenvalue weighted by molar-refractivity contribution is 5.21. The van der Waals surface area contributed by atoms with Crippen LogP contribution in [0, 0.1) is 0 Å². The van der Waals surface area contributed by atoms with Gasteiger partial charge in [-0.2, -0.15) is 0 Å². The van der Waals surface area contributed by atoms with Crippen molar-refractivity contribution in [2.75, 3.05) is 32.7 Å². The molecule has 1 N–H and O–H groups in total. The molecule has 94 valence electrons. The fraction of sp³-hybridized carbons (Fsp3) is 0.583. The topological polar surface area (TPSA) is 28.2 Å². The van der Waals surface area contributed by atoms with Gasteiger partial charge in [0.15, 0.2) is 0 Å². The molecule has 1 aliphatic rings. The Kier molecular flexibility index (Phi) is 4.39. The van der Waals surface area contributed by atoms with Gasteiger partial charge in [-0.1, -0.05) is 6.07 Å². The molecule has 0 bridgehead atoms. The lowest BCUT2D eigenvalue weighted by atomic mass is 10.1. The third kappa shape index (κ3) is 3.44. The van der Waals surface area contributed by atoms with Crippen LogP contribution in [0.2, 0.25) is 0 Å². The Bertz CT molecular complexity index is 351.